The van der Waals surface area contributed by atoms with Gasteiger partial charge in [-0.2, -0.15) is 0 Å². The van der Waals surface area contributed by atoms with Gasteiger partial charge in [0.05, 0.1) is 12.7 Å². The topological polar surface area (TPSA) is 94.6 Å². The smallest absolute Gasteiger partial charge is 0.340 e. The molecule has 0 aliphatic heterocycles. The highest BCUT2D eigenvalue weighted by Gasteiger charge is 2.22. The molecule has 2 aromatic rings. The summed E-state index contributed by atoms with van der Waals surface area (Å²) in [6.07, 6.45) is 1.50. The second-order valence-electron chi connectivity index (χ2n) is 5.28. The molecule has 0 aliphatic carbocycles. The van der Waals surface area contributed by atoms with Crippen molar-refractivity contribution in [3.05, 3.63) is 64.9 Å². The normalized spacial score (nSPS) is 11.3. The lowest BCUT2D eigenvalue weighted by Crippen LogP contribution is -2.44. The highest BCUT2D eigenvalue weighted by atomic mass is 35.5. The molecule has 0 unspecified atom stereocenters. The van der Waals surface area contributed by atoms with Crippen molar-refractivity contribution in [3.8, 4) is 0 Å². The Labute approximate surface area is 155 Å². The highest BCUT2D eigenvalue weighted by molar-refractivity contribution is 6.29. The minimum Gasteiger partial charge on any atom is -0.467 e. The minimum atomic E-state index is -0.884. The van der Waals surface area contributed by atoms with Gasteiger partial charge in [-0.15, -0.1) is 0 Å². The molecule has 136 valence electrons. The van der Waals surface area contributed by atoms with Gasteiger partial charge in [-0.3, -0.25) is 4.79 Å². The van der Waals surface area contributed by atoms with Crippen molar-refractivity contribution in [2.45, 2.75) is 12.5 Å². The first-order valence-corrected chi connectivity index (χ1v) is 8.07. The van der Waals surface area contributed by atoms with Crippen molar-refractivity contribution in [2.75, 3.05) is 13.7 Å². The number of methoxy groups -OCH3 is 1. The minimum absolute atomic E-state index is 0.163. The van der Waals surface area contributed by atoms with E-state index in [9.17, 15) is 14.4 Å². The van der Waals surface area contributed by atoms with Crippen LogP contribution < -0.4 is 5.32 Å². The van der Waals surface area contributed by atoms with Crippen LogP contribution in [0.2, 0.25) is 5.15 Å². The molecular weight excluding hydrogens is 360 g/mol. The predicted molar refractivity (Wildman–Crippen MR) is 93.6 cm³/mol. The molecule has 8 heteroatoms. The lowest BCUT2D eigenvalue weighted by Gasteiger charge is -2.16. The molecule has 2 rings (SSSR count). The molecule has 0 radical (unpaired) electrons. The first kappa shape index (κ1) is 19.4. The van der Waals surface area contributed by atoms with Crippen LogP contribution in [0.3, 0.4) is 0 Å². The predicted octanol–water partition coefficient (Wildman–Crippen LogP) is 1.79. The number of nitrogens with zero attached hydrogens (tertiary/aromatic N) is 1. The van der Waals surface area contributed by atoms with Crippen molar-refractivity contribution < 1.29 is 23.9 Å². The van der Waals surface area contributed by atoms with Crippen LogP contribution in [-0.4, -0.2) is 42.6 Å². The van der Waals surface area contributed by atoms with Gasteiger partial charge in [0.2, 0.25) is 0 Å². The number of benzene rings is 1. The Hall–Kier alpha value is -2.93. The molecule has 1 aromatic carbocycles. The van der Waals surface area contributed by atoms with Crippen molar-refractivity contribution >= 4 is 29.4 Å². The van der Waals surface area contributed by atoms with E-state index >= 15 is 0 Å². The number of pyridine rings is 1. The standard InChI is InChI=1S/C18H17ClN2O5/c1-25-18(24)14(9-12-5-3-2-4-6-12)21-16(22)11-26-17(23)13-7-8-15(19)20-10-13/h2-8,10,14H,9,11H2,1H3,(H,21,22)/t14-/m0/s1. The summed E-state index contributed by atoms with van der Waals surface area (Å²) in [5, 5.41) is 2.74. The summed E-state index contributed by atoms with van der Waals surface area (Å²) >= 11 is 5.64. The van der Waals surface area contributed by atoms with Crippen LogP contribution in [0.25, 0.3) is 0 Å². The number of hydrogen-bond donors (Lipinski definition) is 1. The van der Waals surface area contributed by atoms with Gasteiger partial charge in [0, 0.05) is 12.6 Å². The molecule has 0 saturated heterocycles. The fourth-order valence-electron chi connectivity index (χ4n) is 2.13. The number of ether oxygens (including phenoxy) is 2. The van der Waals surface area contributed by atoms with E-state index in [0.29, 0.717) is 0 Å². The monoisotopic (exact) mass is 376 g/mol. The van der Waals surface area contributed by atoms with Crippen molar-refractivity contribution in [1.82, 2.24) is 10.3 Å². The molecule has 1 aromatic heterocycles. The number of halogens is 1. The van der Waals surface area contributed by atoms with E-state index in [-0.39, 0.29) is 17.1 Å². The number of esters is 2. The van der Waals surface area contributed by atoms with Crippen LogP contribution in [0.15, 0.2) is 48.7 Å². The maximum Gasteiger partial charge on any atom is 0.340 e. The molecule has 0 aliphatic rings. The third-order valence-corrected chi connectivity index (χ3v) is 3.62. The fraction of sp³-hybridized carbons (Fsp3) is 0.222. The molecular formula is C18H17ClN2O5. The Morgan fingerprint density at radius 1 is 1.15 bits per heavy atom. The number of nitrogens with one attached hydrogen (secondary N) is 1. The van der Waals surface area contributed by atoms with Gasteiger partial charge in [-0.1, -0.05) is 41.9 Å². The Bertz CT molecular complexity index is 765. The summed E-state index contributed by atoms with van der Waals surface area (Å²) in [5.74, 6) is -1.93. The fourth-order valence-corrected chi connectivity index (χ4v) is 2.24. The summed E-state index contributed by atoms with van der Waals surface area (Å²) < 4.78 is 9.62. The van der Waals surface area contributed by atoms with Crippen LogP contribution in [-0.2, 0) is 25.5 Å². The lowest BCUT2D eigenvalue weighted by atomic mass is 10.1. The summed E-state index contributed by atoms with van der Waals surface area (Å²) in [4.78, 5) is 39.5. The summed E-state index contributed by atoms with van der Waals surface area (Å²) in [6.45, 7) is -0.538. The molecule has 1 amide bonds. The van der Waals surface area contributed by atoms with E-state index in [2.05, 4.69) is 10.3 Å². The number of aromatic nitrogens is 1. The zero-order chi connectivity index (χ0) is 18.9. The zero-order valence-electron chi connectivity index (χ0n) is 14.0. The van der Waals surface area contributed by atoms with E-state index in [0.717, 1.165) is 5.56 Å². The van der Waals surface area contributed by atoms with Crippen molar-refractivity contribution in [1.29, 1.82) is 0 Å². The molecule has 0 saturated carbocycles. The zero-order valence-corrected chi connectivity index (χ0v) is 14.7. The van der Waals surface area contributed by atoms with Gasteiger partial charge in [-0.05, 0) is 17.7 Å². The van der Waals surface area contributed by atoms with Crippen molar-refractivity contribution in [3.63, 3.8) is 0 Å². The average molecular weight is 377 g/mol. The van der Waals surface area contributed by atoms with Crippen LogP contribution in [0.1, 0.15) is 15.9 Å². The Balaban J connectivity index is 1.91. The molecule has 0 spiro atoms. The van der Waals surface area contributed by atoms with Gasteiger partial charge in [-0.25, -0.2) is 14.6 Å². The Kier molecular flexibility index (Phi) is 7.11. The number of rotatable bonds is 7. The molecule has 1 heterocycles. The van der Waals surface area contributed by atoms with Gasteiger partial charge in [0.15, 0.2) is 6.61 Å². The van der Waals surface area contributed by atoms with Gasteiger partial charge < -0.3 is 14.8 Å². The molecule has 1 N–H and O–H groups in total. The first-order chi connectivity index (χ1) is 12.5. The Morgan fingerprint density at radius 3 is 2.50 bits per heavy atom. The largest absolute Gasteiger partial charge is 0.467 e. The van der Waals surface area contributed by atoms with Crippen LogP contribution >= 0.6 is 11.6 Å². The molecule has 0 bridgehead atoms. The number of carbonyl (C=O) groups is 3. The lowest BCUT2D eigenvalue weighted by molar-refractivity contribution is -0.145. The second-order valence-corrected chi connectivity index (χ2v) is 5.67. The average Bonchev–Trinajstić information content (AvgIpc) is 2.66. The third kappa shape index (κ3) is 5.86. The molecule has 7 nitrogen and oxygen atoms in total. The van der Waals surface area contributed by atoms with Crippen molar-refractivity contribution in [2.24, 2.45) is 0 Å². The van der Waals surface area contributed by atoms with E-state index in [1.54, 1.807) is 0 Å². The van der Waals surface area contributed by atoms with E-state index in [4.69, 9.17) is 21.1 Å². The van der Waals surface area contributed by atoms with Gasteiger partial charge in [0.25, 0.3) is 5.91 Å². The second kappa shape index (κ2) is 9.53. The van der Waals surface area contributed by atoms with Gasteiger partial charge in [0.1, 0.15) is 11.2 Å². The number of amides is 1. The molecule has 1 atom stereocenters. The third-order valence-electron chi connectivity index (χ3n) is 3.40. The summed E-state index contributed by atoms with van der Waals surface area (Å²) in [6, 6.07) is 11.1. The maximum atomic E-state index is 12.0. The van der Waals surface area contributed by atoms with E-state index in [1.807, 2.05) is 30.3 Å². The summed E-state index contributed by atoms with van der Waals surface area (Å²) in [7, 11) is 1.24. The Morgan fingerprint density at radius 2 is 1.88 bits per heavy atom. The SMILES string of the molecule is COC(=O)[C@H](Cc1ccccc1)NC(=O)COC(=O)c1ccc(Cl)nc1. The number of hydrogen-bond acceptors (Lipinski definition) is 6. The number of carbonyl (C=O) groups excluding carboxylic acids is 3. The van der Waals surface area contributed by atoms with Crippen LogP contribution in [0.5, 0.6) is 0 Å². The van der Waals surface area contributed by atoms with E-state index in [1.165, 1.54) is 25.4 Å². The summed E-state index contributed by atoms with van der Waals surface area (Å²) in [5.41, 5.74) is 1.02. The quantitative estimate of drug-likeness (QED) is 0.584. The molecule has 26 heavy (non-hydrogen) atoms. The highest BCUT2D eigenvalue weighted by Crippen LogP contribution is 2.07. The molecule has 0 fully saturated rings. The van der Waals surface area contributed by atoms with Crippen LogP contribution in [0, 0.1) is 0 Å². The first-order valence-electron chi connectivity index (χ1n) is 7.69. The van der Waals surface area contributed by atoms with Crippen LogP contribution in [0.4, 0.5) is 0 Å². The maximum absolute atomic E-state index is 12.0. The van der Waals surface area contributed by atoms with E-state index < -0.39 is 30.5 Å². The van der Waals surface area contributed by atoms with Gasteiger partial charge >= 0.3 is 11.9 Å².